The molecule has 5 nitrogen and oxygen atoms in total. The molecule has 1 heterocycles. The molecule has 23 heavy (non-hydrogen) atoms. The highest BCUT2D eigenvalue weighted by Crippen LogP contribution is 2.28. The Balaban J connectivity index is 1.99. The molecule has 1 aromatic carbocycles. The van der Waals surface area contributed by atoms with E-state index in [1.807, 2.05) is 12.1 Å². The summed E-state index contributed by atoms with van der Waals surface area (Å²) in [5.41, 5.74) is 0.425. The van der Waals surface area contributed by atoms with Crippen molar-refractivity contribution in [2.45, 2.75) is 32.8 Å². The zero-order chi connectivity index (χ0) is 17.0. The van der Waals surface area contributed by atoms with Gasteiger partial charge in [-0.3, -0.25) is 9.59 Å². The third kappa shape index (κ3) is 5.22. The first kappa shape index (κ1) is 17.8. The Morgan fingerprint density at radius 3 is 2.57 bits per heavy atom. The predicted octanol–water partition coefficient (Wildman–Crippen LogP) is 3.13. The number of carbonyl (C=O) groups is 2. The fourth-order valence-electron chi connectivity index (χ4n) is 2.75. The molecule has 0 radical (unpaired) electrons. The van der Waals surface area contributed by atoms with E-state index >= 15 is 0 Å². The van der Waals surface area contributed by atoms with Crippen molar-refractivity contribution < 1.29 is 19.4 Å². The molecule has 0 saturated carbocycles. The molecule has 6 heteroatoms. The summed E-state index contributed by atoms with van der Waals surface area (Å²) in [6.07, 6.45) is 0.0172. The number of nitrogens with zero attached hydrogens (tertiary/aromatic N) is 1. The van der Waals surface area contributed by atoms with E-state index in [1.165, 1.54) is 0 Å². The van der Waals surface area contributed by atoms with E-state index in [2.05, 4.69) is 0 Å². The first-order valence-electron chi connectivity index (χ1n) is 7.63. The number of rotatable bonds is 5. The molecule has 1 atom stereocenters. The quantitative estimate of drug-likeness (QED) is 0.895. The highest BCUT2D eigenvalue weighted by atomic mass is 35.5. The van der Waals surface area contributed by atoms with Crippen LogP contribution in [-0.2, 0) is 14.3 Å². The van der Waals surface area contributed by atoms with Gasteiger partial charge in [-0.2, -0.15) is 0 Å². The van der Waals surface area contributed by atoms with E-state index in [0.29, 0.717) is 24.7 Å². The van der Waals surface area contributed by atoms with Crippen LogP contribution in [0, 0.1) is 5.41 Å². The van der Waals surface area contributed by atoms with Gasteiger partial charge >= 0.3 is 5.97 Å². The fraction of sp³-hybridized carbons (Fsp3) is 0.529. The van der Waals surface area contributed by atoms with Crippen molar-refractivity contribution in [1.29, 1.82) is 0 Å². The maximum absolute atomic E-state index is 12.5. The highest BCUT2D eigenvalue weighted by molar-refractivity contribution is 6.30. The third-order valence-electron chi connectivity index (χ3n) is 3.92. The van der Waals surface area contributed by atoms with Gasteiger partial charge in [0.1, 0.15) is 6.10 Å². The average Bonchev–Trinajstić information content (AvgIpc) is 2.46. The first-order chi connectivity index (χ1) is 10.8. The van der Waals surface area contributed by atoms with E-state index in [4.69, 9.17) is 21.4 Å². The van der Waals surface area contributed by atoms with Crippen molar-refractivity contribution in [2.75, 3.05) is 19.7 Å². The van der Waals surface area contributed by atoms with Gasteiger partial charge in [-0.15, -0.1) is 0 Å². The second-order valence-electron chi connectivity index (χ2n) is 6.66. The molecule has 0 spiro atoms. The van der Waals surface area contributed by atoms with Crippen LogP contribution in [0.3, 0.4) is 0 Å². The number of carbonyl (C=O) groups excluding carboxylic acids is 1. The van der Waals surface area contributed by atoms with Crippen LogP contribution in [0.2, 0.25) is 5.02 Å². The molecule has 1 aliphatic heterocycles. The second-order valence-corrected chi connectivity index (χ2v) is 7.10. The molecule has 0 aromatic heterocycles. The topological polar surface area (TPSA) is 66.8 Å². The molecule has 1 aromatic rings. The zero-order valence-corrected chi connectivity index (χ0v) is 14.2. The average molecular weight is 340 g/mol. The van der Waals surface area contributed by atoms with Gasteiger partial charge in [0.2, 0.25) is 5.91 Å². The van der Waals surface area contributed by atoms with Crippen LogP contribution >= 0.6 is 11.6 Å². The second kappa shape index (κ2) is 7.32. The maximum Gasteiger partial charge on any atom is 0.303 e. The molecule has 0 aliphatic carbocycles. The van der Waals surface area contributed by atoms with Gasteiger partial charge in [-0.05, 0) is 23.1 Å². The molecular formula is C17H22ClNO4. The molecule has 2 rings (SSSR count). The third-order valence-corrected chi connectivity index (χ3v) is 4.17. The van der Waals surface area contributed by atoms with Crippen LogP contribution in [0.5, 0.6) is 0 Å². The molecule has 126 valence electrons. The Labute approximate surface area is 141 Å². The van der Waals surface area contributed by atoms with Crippen molar-refractivity contribution in [3.8, 4) is 0 Å². The fourth-order valence-corrected chi connectivity index (χ4v) is 2.87. The molecule has 1 amide bonds. The molecule has 0 bridgehead atoms. The van der Waals surface area contributed by atoms with Gasteiger partial charge in [-0.25, -0.2) is 0 Å². The van der Waals surface area contributed by atoms with E-state index in [0.717, 1.165) is 5.56 Å². The summed E-state index contributed by atoms with van der Waals surface area (Å²) in [6, 6.07) is 7.40. The lowest BCUT2D eigenvalue weighted by atomic mass is 9.85. The smallest absolute Gasteiger partial charge is 0.303 e. The normalized spacial score (nSPS) is 18.7. The van der Waals surface area contributed by atoms with Crippen LogP contribution in [0.15, 0.2) is 24.3 Å². The Kier molecular flexibility index (Phi) is 5.65. The van der Waals surface area contributed by atoms with E-state index in [9.17, 15) is 9.59 Å². The summed E-state index contributed by atoms with van der Waals surface area (Å²) >= 11 is 5.89. The van der Waals surface area contributed by atoms with Gasteiger partial charge < -0.3 is 14.7 Å². The predicted molar refractivity (Wildman–Crippen MR) is 87.4 cm³/mol. The van der Waals surface area contributed by atoms with Crippen LogP contribution < -0.4 is 0 Å². The first-order valence-corrected chi connectivity index (χ1v) is 8.01. The van der Waals surface area contributed by atoms with Crippen LogP contribution in [0.4, 0.5) is 0 Å². The van der Waals surface area contributed by atoms with Crippen molar-refractivity contribution in [3.05, 3.63) is 34.9 Å². The Bertz CT molecular complexity index is 570. The Morgan fingerprint density at radius 2 is 1.96 bits per heavy atom. The molecule has 1 aliphatic rings. The number of hydrogen-bond donors (Lipinski definition) is 1. The van der Waals surface area contributed by atoms with E-state index in [1.54, 1.807) is 30.9 Å². The van der Waals surface area contributed by atoms with Crippen LogP contribution in [-0.4, -0.2) is 41.6 Å². The van der Waals surface area contributed by atoms with Crippen molar-refractivity contribution >= 4 is 23.5 Å². The Morgan fingerprint density at radius 1 is 1.30 bits per heavy atom. The molecule has 1 N–H and O–H groups in total. The van der Waals surface area contributed by atoms with Gasteiger partial charge in [0.15, 0.2) is 0 Å². The molecule has 1 saturated heterocycles. The summed E-state index contributed by atoms with van der Waals surface area (Å²) in [6.45, 7) is 5.08. The van der Waals surface area contributed by atoms with E-state index < -0.39 is 11.4 Å². The number of carboxylic acids is 1. The van der Waals surface area contributed by atoms with Crippen LogP contribution in [0.1, 0.15) is 38.4 Å². The van der Waals surface area contributed by atoms with Gasteiger partial charge in [0.25, 0.3) is 0 Å². The number of morpholine rings is 1. The number of benzene rings is 1. The zero-order valence-electron chi connectivity index (χ0n) is 13.4. The lowest BCUT2D eigenvalue weighted by molar-refractivity contribution is -0.143. The number of amides is 1. The Hall–Kier alpha value is -1.59. The standard InChI is InChI=1S/C17H22ClNO4/c1-17(2,10-16(21)22)9-15(20)19-7-8-23-14(11-19)12-3-5-13(18)6-4-12/h3-6,14H,7-11H2,1-2H3,(H,21,22). The van der Waals surface area contributed by atoms with Crippen molar-refractivity contribution in [1.82, 2.24) is 4.90 Å². The molecule has 1 fully saturated rings. The SMILES string of the molecule is CC(C)(CC(=O)O)CC(=O)N1CCOC(c2ccc(Cl)cc2)C1. The lowest BCUT2D eigenvalue weighted by Gasteiger charge is -2.35. The molecule has 1 unspecified atom stereocenters. The monoisotopic (exact) mass is 339 g/mol. The van der Waals surface area contributed by atoms with Crippen molar-refractivity contribution in [3.63, 3.8) is 0 Å². The van der Waals surface area contributed by atoms with Crippen molar-refractivity contribution in [2.24, 2.45) is 5.41 Å². The van der Waals surface area contributed by atoms with Gasteiger partial charge in [0.05, 0.1) is 19.6 Å². The number of carboxylic acid groups (broad SMARTS) is 1. The summed E-state index contributed by atoms with van der Waals surface area (Å²) in [5.74, 6) is -0.915. The maximum atomic E-state index is 12.5. The largest absolute Gasteiger partial charge is 0.481 e. The minimum Gasteiger partial charge on any atom is -0.481 e. The van der Waals surface area contributed by atoms with Gasteiger partial charge in [0, 0.05) is 18.0 Å². The minimum atomic E-state index is -0.885. The van der Waals surface area contributed by atoms with E-state index in [-0.39, 0.29) is 24.9 Å². The molecular weight excluding hydrogens is 318 g/mol. The van der Waals surface area contributed by atoms with Gasteiger partial charge in [-0.1, -0.05) is 37.6 Å². The summed E-state index contributed by atoms with van der Waals surface area (Å²) < 4.78 is 5.75. The summed E-state index contributed by atoms with van der Waals surface area (Å²) in [5, 5.41) is 9.59. The number of aliphatic carboxylic acids is 1. The highest BCUT2D eigenvalue weighted by Gasteiger charge is 2.31. The number of hydrogen-bond acceptors (Lipinski definition) is 3. The minimum absolute atomic E-state index is 0.0241. The summed E-state index contributed by atoms with van der Waals surface area (Å²) in [7, 11) is 0. The number of halogens is 1. The summed E-state index contributed by atoms with van der Waals surface area (Å²) in [4.78, 5) is 25.1. The van der Waals surface area contributed by atoms with Crippen LogP contribution in [0.25, 0.3) is 0 Å². The number of ether oxygens (including phenoxy) is 1. The lowest BCUT2D eigenvalue weighted by Crippen LogP contribution is -2.43.